The van der Waals surface area contributed by atoms with Crippen molar-refractivity contribution in [1.29, 1.82) is 0 Å². The van der Waals surface area contributed by atoms with Crippen LogP contribution in [0.5, 0.6) is 0 Å². The zero-order valence-electron chi connectivity index (χ0n) is 11.0. The van der Waals surface area contributed by atoms with Crippen LogP contribution < -0.4 is 5.73 Å². The molecular weight excluding hydrogens is 212 g/mol. The van der Waals surface area contributed by atoms with Crippen LogP contribution in [0.3, 0.4) is 0 Å². The van der Waals surface area contributed by atoms with Gasteiger partial charge < -0.3 is 10.3 Å². The molecule has 0 saturated carbocycles. The Kier molecular flexibility index (Phi) is 4.05. The summed E-state index contributed by atoms with van der Waals surface area (Å²) in [5, 5.41) is 0. The van der Waals surface area contributed by atoms with Gasteiger partial charge in [-0.2, -0.15) is 0 Å². The first-order chi connectivity index (χ1) is 8.16. The summed E-state index contributed by atoms with van der Waals surface area (Å²) >= 11 is 0. The highest BCUT2D eigenvalue weighted by atomic mass is 15.2. The lowest BCUT2D eigenvalue weighted by Crippen LogP contribution is -2.24. The van der Waals surface area contributed by atoms with E-state index in [1.165, 1.54) is 38.8 Å². The molecule has 17 heavy (non-hydrogen) atoms. The van der Waals surface area contributed by atoms with Crippen molar-refractivity contribution in [2.75, 3.05) is 18.8 Å². The highest BCUT2D eigenvalue weighted by molar-refractivity contribution is 5.22. The van der Waals surface area contributed by atoms with Crippen LogP contribution in [0, 0.1) is 0 Å². The number of nitrogens with two attached hydrogens (primary N) is 1. The number of nitrogen functional groups attached to an aromatic ring is 1. The number of anilines is 1. The van der Waals surface area contributed by atoms with Gasteiger partial charge in [0.05, 0.1) is 5.69 Å². The largest absolute Gasteiger partial charge is 0.369 e. The van der Waals surface area contributed by atoms with E-state index in [0.717, 1.165) is 12.2 Å². The normalized spacial score (nSPS) is 18.5. The van der Waals surface area contributed by atoms with Crippen molar-refractivity contribution in [3.63, 3.8) is 0 Å². The molecule has 4 nitrogen and oxygen atoms in total. The lowest BCUT2D eigenvalue weighted by Gasteiger charge is -2.17. The fourth-order valence-electron chi connectivity index (χ4n) is 2.47. The van der Waals surface area contributed by atoms with E-state index in [-0.39, 0.29) is 0 Å². The van der Waals surface area contributed by atoms with Gasteiger partial charge in [-0.3, -0.25) is 4.90 Å². The molecule has 96 valence electrons. The highest BCUT2D eigenvalue weighted by Gasteiger charge is 2.13. The van der Waals surface area contributed by atoms with E-state index < -0.39 is 0 Å². The Morgan fingerprint density at radius 2 is 1.88 bits per heavy atom. The Morgan fingerprint density at radius 1 is 1.24 bits per heavy atom. The summed E-state index contributed by atoms with van der Waals surface area (Å²) in [7, 11) is 0. The molecule has 1 aromatic heterocycles. The van der Waals surface area contributed by atoms with Crippen molar-refractivity contribution in [3.8, 4) is 0 Å². The number of aromatic nitrogens is 2. The minimum Gasteiger partial charge on any atom is -0.369 e. The van der Waals surface area contributed by atoms with Gasteiger partial charge in [-0.15, -0.1) is 0 Å². The molecule has 0 spiro atoms. The van der Waals surface area contributed by atoms with Crippen molar-refractivity contribution >= 4 is 5.95 Å². The van der Waals surface area contributed by atoms with Crippen molar-refractivity contribution in [1.82, 2.24) is 14.5 Å². The monoisotopic (exact) mass is 236 g/mol. The van der Waals surface area contributed by atoms with Crippen molar-refractivity contribution < 1.29 is 0 Å². The third kappa shape index (κ3) is 3.22. The quantitative estimate of drug-likeness (QED) is 0.876. The number of hydrogen-bond acceptors (Lipinski definition) is 3. The van der Waals surface area contributed by atoms with Gasteiger partial charge in [0.2, 0.25) is 5.95 Å². The van der Waals surface area contributed by atoms with E-state index in [2.05, 4.69) is 29.9 Å². The lowest BCUT2D eigenvalue weighted by molar-refractivity contribution is 0.274. The van der Waals surface area contributed by atoms with Crippen molar-refractivity contribution in [3.05, 3.63) is 11.9 Å². The SMILES string of the molecule is CC(C)n1cc(CN2CCCCCC2)nc1N. The summed E-state index contributed by atoms with van der Waals surface area (Å²) in [4.78, 5) is 6.96. The first-order valence-corrected chi connectivity index (χ1v) is 6.72. The van der Waals surface area contributed by atoms with E-state index in [9.17, 15) is 0 Å². The molecule has 0 unspecified atom stereocenters. The maximum atomic E-state index is 5.91. The minimum atomic E-state index is 0.389. The highest BCUT2D eigenvalue weighted by Crippen LogP contribution is 2.16. The van der Waals surface area contributed by atoms with Crippen LogP contribution in [0.1, 0.15) is 51.3 Å². The fraction of sp³-hybridized carbons (Fsp3) is 0.769. The first kappa shape index (κ1) is 12.4. The van der Waals surface area contributed by atoms with Crippen molar-refractivity contribution in [2.24, 2.45) is 0 Å². The Hall–Kier alpha value is -1.03. The maximum absolute atomic E-state index is 5.91. The predicted molar refractivity (Wildman–Crippen MR) is 70.8 cm³/mol. The molecule has 0 amide bonds. The molecule has 1 saturated heterocycles. The minimum absolute atomic E-state index is 0.389. The van der Waals surface area contributed by atoms with Crippen LogP contribution in [-0.4, -0.2) is 27.5 Å². The number of imidazole rings is 1. The Balaban J connectivity index is 2.00. The zero-order valence-corrected chi connectivity index (χ0v) is 11.0. The summed E-state index contributed by atoms with van der Waals surface area (Å²) < 4.78 is 2.05. The Bertz CT molecular complexity index is 348. The maximum Gasteiger partial charge on any atom is 0.200 e. The molecule has 2 rings (SSSR count). The van der Waals surface area contributed by atoms with Crippen LogP contribution in [0.15, 0.2) is 6.20 Å². The summed E-state index contributed by atoms with van der Waals surface area (Å²) in [5.74, 6) is 0.643. The third-order valence-electron chi connectivity index (χ3n) is 3.45. The number of likely N-dealkylation sites (tertiary alicyclic amines) is 1. The molecule has 1 aliphatic rings. The van der Waals surface area contributed by atoms with Gasteiger partial charge in [-0.05, 0) is 39.8 Å². The van der Waals surface area contributed by atoms with Gasteiger partial charge in [0.25, 0.3) is 0 Å². The molecule has 4 heteroatoms. The van der Waals surface area contributed by atoms with E-state index in [4.69, 9.17) is 5.73 Å². The lowest BCUT2D eigenvalue weighted by atomic mass is 10.2. The van der Waals surface area contributed by atoms with Crippen LogP contribution >= 0.6 is 0 Å². The second-order valence-corrected chi connectivity index (χ2v) is 5.28. The molecule has 2 N–H and O–H groups in total. The molecular formula is C13H24N4. The molecule has 0 radical (unpaired) electrons. The van der Waals surface area contributed by atoms with Gasteiger partial charge in [-0.25, -0.2) is 4.98 Å². The summed E-state index contributed by atoms with van der Waals surface area (Å²) in [5.41, 5.74) is 7.02. The van der Waals surface area contributed by atoms with Crippen LogP contribution in [0.25, 0.3) is 0 Å². The molecule has 1 aliphatic heterocycles. The molecule has 2 heterocycles. The second kappa shape index (κ2) is 5.54. The van der Waals surface area contributed by atoms with Crippen molar-refractivity contribution in [2.45, 2.75) is 52.1 Å². The topological polar surface area (TPSA) is 47.1 Å². The average molecular weight is 236 g/mol. The molecule has 1 fully saturated rings. The summed E-state index contributed by atoms with van der Waals surface area (Å²) in [6, 6.07) is 0.389. The summed E-state index contributed by atoms with van der Waals surface area (Å²) in [6.45, 7) is 7.62. The molecule has 0 aliphatic carbocycles. The second-order valence-electron chi connectivity index (χ2n) is 5.28. The first-order valence-electron chi connectivity index (χ1n) is 6.72. The molecule has 1 aromatic rings. The van der Waals surface area contributed by atoms with E-state index in [1.807, 2.05) is 4.57 Å². The third-order valence-corrected chi connectivity index (χ3v) is 3.45. The molecule has 0 atom stereocenters. The predicted octanol–water partition coefficient (Wildman–Crippen LogP) is 2.42. The van der Waals surface area contributed by atoms with E-state index in [0.29, 0.717) is 12.0 Å². The van der Waals surface area contributed by atoms with Gasteiger partial charge in [0.1, 0.15) is 0 Å². The van der Waals surface area contributed by atoms with Crippen LogP contribution in [-0.2, 0) is 6.54 Å². The van der Waals surface area contributed by atoms with Gasteiger partial charge >= 0.3 is 0 Å². The number of hydrogen-bond donors (Lipinski definition) is 1. The van der Waals surface area contributed by atoms with Gasteiger partial charge in [0, 0.05) is 18.8 Å². The Labute approximate surface area is 104 Å². The number of rotatable bonds is 3. The van der Waals surface area contributed by atoms with Gasteiger partial charge in [-0.1, -0.05) is 12.8 Å². The van der Waals surface area contributed by atoms with Crippen LogP contribution in [0.4, 0.5) is 5.95 Å². The van der Waals surface area contributed by atoms with E-state index in [1.54, 1.807) is 0 Å². The number of nitrogens with zero attached hydrogens (tertiary/aromatic N) is 3. The smallest absolute Gasteiger partial charge is 0.200 e. The Morgan fingerprint density at radius 3 is 2.41 bits per heavy atom. The van der Waals surface area contributed by atoms with Gasteiger partial charge in [0.15, 0.2) is 0 Å². The average Bonchev–Trinajstić information content (AvgIpc) is 2.50. The van der Waals surface area contributed by atoms with Crippen LogP contribution in [0.2, 0.25) is 0 Å². The van der Waals surface area contributed by atoms with E-state index >= 15 is 0 Å². The molecule has 0 aromatic carbocycles. The standard InChI is InChI=1S/C13H24N4/c1-11(2)17-10-12(15-13(17)14)9-16-7-5-3-4-6-8-16/h10-11H,3-9H2,1-2H3,(H2,14,15). The fourth-order valence-corrected chi connectivity index (χ4v) is 2.47. The molecule has 0 bridgehead atoms. The summed E-state index contributed by atoms with van der Waals surface area (Å²) in [6.07, 6.45) is 7.49. The zero-order chi connectivity index (χ0) is 12.3.